The van der Waals surface area contributed by atoms with Crippen molar-refractivity contribution in [3.8, 4) is 5.75 Å². The Morgan fingerprint density at radius 1 is 1.05 bits per heavy atom. The Morgan fingerprint density at radius 2 is 1.73 bits per heavy atom. The molecule has 198 valence electrons. The topological polar surface area (TPSA) is 76.2 Å². The molecule has 4 rings (SSSR count). The molecule has 1 atom stereocenters. The highest BCUT2D eigenvalue weighted by Gasteiger charge is 2.35. The summed E-state index contributed by atoms with van der Waals surface area (Å²) in [5, 5.41) is 2.04. The van der Waals surface area contributed by atoms with Gasteiger partial charge in [-0.2, -0.15) is 4.31 Å². The summed E-state index contributed by atoms with van der Waals surface area (Å²) in [7, 11) is -2.28. The zero-order valence-electron chi connectivity index (χ0n) is 21.6. The van der Waals surface area contributed by atoms with Crippen molar-refractivity contribution in [3.63, 3.8) is 0 Å². The number of amides is 1. The molecule has 0 N–H and O–H groups in total. The van der Waals surface area contributed by atoms with E-state index < -0.39 is 10.0 Å². The minimum absolute atomic E-state index is 0.182. The van der Waals surface area contributed by atoms with Crippen LogP contribution >= 0.6 is 11.3 Å². The molecule has 0 bridgehead atoms. The summed E-state index contributed by atoms with van der Waals surface area (Å²) < 4.78 is 39.6. The quantitative estimate of drug-likeness (QED) is 0.331. The fourth-order valence-corrected chi connectivity index (χ4v) is 6.81. The number of carbonyl (C=O) groups excluding carboxylic acids is 1. The Hall–Kier alpha value is -2.72. The number of nitrogens with zero attached hydrogens (tertiary/aromatic N) is 2. The molecule has 1 aliphatic rings. The molecule has 0 aliphatic carbocycles. The van der Waals surface area contributed by atoms with Gasteiger partial charge in [0.1, 0.15) is 12.4 Å². The van der Waals surface area contributed by atoms with Gasteiger partial charge in [-0.25, -0.2) is 8.42 Å². The zero-order chi connectivity index (χ0) is 26.4. The third kappa shape index (κ3) is 6.59. The predicted octanol–water partition coefficient (Wildman–Crippen LogP) is 4.60. The number of hydrogen-bond donors (Lipinski definition) is 0. The molecule has 0 saturated carbocycles. The summed E-state index contributed by atoms with van der Waals surface area (Å²) in [6.07, 6.45) is 1.23. The van der Waals surface area contributed by atoms with Gasteiger partial charge in [-0.3, -0.25) is 4.79 Å². The molecule has 0 fully saturated rings. The highest BCUT2D eigenvalue weighted by molar-refractivity contribution is 7.89. The molecule has 0 spiro atoms. The molecule has 0 radical (unpaired) electrons. The summed E-state index contributed by atoms with van der Waals surface area (Å²) in [6.45, 7) is 5.11. The molecule has 2 heterocycles. The monoisotopic (exact) mass is 542 g/mol. The van der Waals surface area contributed by atoms with Gasteiger partial charge in [-0.1, -0.05) is 35.4 Å². The molecule has 1 amide bonds. The summed E-state index contributed by atoms with van der Waals surface area (Å²) in [4.78, 5) is 16.9. The molecule has 1 aromatic heterocycles. The van der Waals surface area contributed by atoms with E-state index in [0.717, 1.165) is 28.9 Å². The molecular formula is C28H34N2O5S2. The number of benzene rings is 2. The van der Waals surface area contributed by atoms with Crippen LogP contribution in [0.25, 0.3) is 0 Å². The van der Waals surface area contributed by atoms with Crippen molar-refractivity contribution in [2.24, 2.45) is 0 Å². The first-order valence-electron chi connectivity index (χ1n) is 12.4. The first-order chi connectivity index (χ1) is 17.8. The van der Waals surface area contributed by atoms with Crippen molar-refractivity contribution < 1.29 is 22.7 Å². The lowest BCUT2D eigenvalue weighted by molar-refractivity contribution is -0.135. The molecule has 1 aliphatic heterocycles. The first kappa shape index (κ1) is 27.3. The molecule has 9 heteroatoms. The Bertz CT molecular complexity index is 1290. The van der Waals surface area contributed by atoms with Crippen LogP contribution in [0.1, 0.15) is 34.0 Å². The van der Waals surface area contributed by atoms with E-state index in [9.17, 15) is 13.2 Å². The number of fused-ring (bicyclic) bond motifs is 1. The highest BCUT2D eigenvalue weighted by Crippen LogP contribution is 2.34. The SMILES string of the molecule is COCCCN(CC(=O)N1CCc2sccc2[C@@H]1COc1ccc(C)cc1)S(=O)(=O)c1ccc(C)cc1. The number of carbonyl (C=O) groups is 1. The van der Waals surface area contributed by atoms with Gasteiger partial charge in [0.05, 0.1) is 17.5 Å². The van der Waals surface area contributed by atoms with Gasteiger partial charge < -0.3 is 14.4 Å². The maximum absolute atomic E-state index is 13.7. The maximum atomic E-state index is 13.7. The minimum Gasteiger partial charge on any atom is -0.491 e. The van der Waals surface area contributed by atoms with Gasteiger partial charge in [0, 0.05) is 31.7 Å². The molecular weight excluding hydrogens is 508 g/mol. The average Bonchev–Trinajstić information content (AvgIpc) is 3.37. The Morgan fingerprint density at radius 3 is 2.41 bits per heavy atom. The van der Waals surface area contributed by atoms with Gasteiger partial charge in [-0.15, -0.1) is 11.3 Å². The molecule has 7 nitrogen and oxygen atoms in total. The minimum atomic E-state index is -3.86. The second kappa shape index (κ2) is 12.2. The Kier molecular flexibility index (Phi) is 9.02. The first-order valence-corrected chi connectivity index (χ1v) is 14.7. The number of methoxy groups -OCH3 is 1. The van der Waals surface area contributed by atoms with Crippen LogP contribution in [0.5, 0.6) is 5.75 Å². The van der Waals surface area contributed by atoms with Crippen LogP contribution in [0.3, 0.4) is 0 Å². The van der Waals surface area contributed by atoms with E-state index in [1.54, 1.807) is 47.6 Å². The number of sulfonamides is 1. The fraction of sp³-hybridized carbons (Fsp3) is 0.393. The van der Waals surface area contributed by atoms with Crippen molar-refractivity contribution in [1.29, 1.82) is 0 Å². The van der Waals surface area contributed by atoms with Gasteiger partial charge in [0.2, 0.25) is 15.9 Å². The highest BCUT2D eigenvalue weighted by atomic mass is 32.2. The van der Waals surface area contributed by atoms with Gasteiger partial charge in [0.25, 0.3) is 0 Å². The smallest absolute Gasteiger partial charge is 0.243 e. The van der Waals surface area contributed by atoms with Crippen LogP contribution < -0.4 is 4.74 Å². The number of ether oxygens (including phenoxy) is 2. The van der Waals surface area contributed by atoms with Crippen molar-refractivity contribution in [1.82, 2.24) is 9.21 Å². The van der Waals surface area contributed by atoms with Gasteiger partial charge in [0.15, 0.2) is 0 Å². The van der Waals surface area contributed by atoms with Crippen LogP contribution in [-0.2, 0) is 26.0 Å². The van der Waals surface area contributed by atoms with Crippen LogP contribution in [0.4, 0.5) is 0 Å². The zero-order valence-corrected chi connectivity index (χ0v) is 23.2. The molecule has 0 unspecified atom stereocenters. The van der Waals surface area contributed by atoms with Crippen LogP contribution in [0.2, 0.25) is 0 Å². The molecule has 0 saturated heterocycles. The average molecular weight is 543 g/mol. The number of aryl methyl sites for hydroxylation is 2. The van der Waals surface area contributed by atoms with E-state index >= 15 is 0 Å². The van der Waals surface area contributed by atoms with Crippen molar-refractivity contribution in [3.05, 3.63) is 81.5 Å². The Balaban J connectivity index is 1.55. The van der Waals surface area contributed by atoms with Gasteiger partial charge in [-0.05, 0) is 68.0 Å². The van der Waals surface area contributed by atoms with E-state index in [-0.39, 0.29) is 29.9 Å². The molecule has 3 aromatic rings. The third-order valence-corrected chi connectivity index (χ3v) is 9.43. The van der Waals surface area contributed by atoms with E-state index in [0.29, 0.717) is 26.2 Å². The standard InChI is InChI=1S/C28H34N2O5S2/c1-21-5-9-23(10-6-21)35-20-26-25-14-18-36-27(25)13-16-30(26)28(31)19-29(15-4-17-34-3)37(32,33)24-11-7-22(2)8-12-24/h5-12,14,18,26H,4,13,15-17,19-20H2,1-3H3/t26-/m0/s1. The van der Waals surface area contributed by atoms with E-state index in [1.165, 1.54) is 9.18 Å². The lowest BCUT2D eigenvalue weighted by Crippen LogP contribution is -2.48. The number of thiophene rings is 1. The van der Waals surface area contributed by atoms with Gasteiger partial charge >= 0.3 is 0 Å². The lowest BCUT2D eigenvalue weighted by Gasteiger charge is -2.37. The summed E-state index contributed by atoms with van der Waals surface area (Å²) in [5.41, 5.74) is 3.19. The van der Waals surface area contributed by atoms with Crippen LogP contribution in [0, 0.1) is 13.8 Å². The lowest BCUT2D eigenvalue weighted by atomic mass is 10.0. The number of rotatable bonds is 11. The van der Waals surface area contributed by atoms with E-state index in [2.05, 4.69) is 0 Å². The Labute approximate surface area is 223 Å². The normalized spacial score (nSPS) is 15.6. The van der Waals surface area contributed by atoms with E-state index in [4.69, 9.17) is 9.47 Å². The summed E-state index contributed by atoms with van der Waals surface area (Å²) in [6, 6.07) is 16.3. The van der Waals surface area contributed by atoms with Crippen LogP contribution in [0.15, 0.2) is 64.9 Å². The molecule has 37 heavy (non-hydrogen) atoms. The second-order valence-corrected chi connectivity index (χ2v) is 12.2. The largest absolute Gasteiger partial charge is 0.491 e. The van der Waals surface area contributed by atoms with Crippen LogP contribution in [-0.4, -0.2) is 63.5 Å². The fourth-order valence-electron chi connectivity index (χ4n) is 4.45. The summed E-state index contributed by atoms with van der Waals surface area (Å²) >= 11 is 1.68. The third-order valence-electron chi connectivity index (χ3n) is 6.57. The predicted molar refractivity (Wildman–Crippen MR) is 146 cm³/mol. The van der Waals surface area contributed by atoms with Crippen molar-refractivity contribution in [2.75, 3.05) is 40.0 Å². The van der Waals surface area contributed by atoms with Crippen molar-refractivity contribution >= 4 is 27.3 Å². The number of hydrogen-bond acceptors (Lipinski definition) is 6. The van der Waals surface area contributed by atoms with Crippen molar-refractivity contribution in [2.45, 2.75) is 37.6 Å². The summed E-state index contributed by atoms with van der Waals surface area (Å²) in [5.74, 6) is 0.506. The second-order valence-electron chi connectivity index (χ2n) is 9.27. The van der Waals surface area contributed by atoms with E-state index in [1.807, 2.05) is 49.6 Å². The maximum Gasteiger partial charge on any atom is 0.243 e. The molecule has 2 aromatic carbocycles.